The summed E-state index contributed by atoms with van der Waals surface area (Å²) in [5.74, 6) is 1.36. The monoisotopic (exact) mass is 530 g/mol. The zero-order valence-corrected chi connectivity index (χ0v) is 21.4. The second-order valence-corrected chi connectivity index (χ2v) is 9.95. The van der Waals surface area contributed by atoms with Crippen LogP contribution in [0.4, 0.5) is 5.69 Å². The van der Waals surface area contributed by atoms with E-state index in [2.05, 4.69) is 5.32 Å². The van der Waals surface area contributed by atoms with Gasteiger partial charge in [0, 0.05) is 17.8 Å². The molecule has 2 atom stereocenters. The average Bonchev–Trinajstić information content (AvgIpc) is 3.44. The summed E-state index contributed by atoms with van der Waals surface area (Å²) < 4.78 is 23.0. The lowest BCUT2D eigenvalue weighted by atomic mass is 9.94. The molecule has 202 valence electrons. The molecule has 9 heteroatoms. The molecule has 1 aliphatic carbocycles. The average molecular weight is 531 g/mol. The van der Waals surface area contributed by atoms with Crippen LogP contribution in [0.1, 0.15) is 43.7 Å². The quantitative estimate of drug-likeness (QED) is 0.484. The normalized spacial score (nSPS) is 18.7. The van der Waals surface area contributed by atoms with E-state index in [1.165, 1.54) is 17.0 Å². The van der Waals surface area contributed by atoms with Crippen molar-refractivity contribution < 1.29 is 33.6 Å². The van der Waals surface area contributed by atoms with Crippen LogP contribution in [0.2, 0.25) is 0 Å². The molecule has 0 radical (unpaired) electrons. The molecule has 0 spiro atoms. The van der Waals surface area contributed by atoms with Gasteiger partial charge >= 0.3 is 0 Å². The molecule has 3 aromatic carbocycles. The number of nitrogens with zero attached hydrogens (tertiary/aromatic N) is 1. The van der Waals surface area contributed by atoms with E-state index in [9.17, 15) is 14.7 Å². The molecule has 3 aromatic rings. The van der Waals surface area contributed by atoms with Crippen LogP contribution >= 0.6 is 0 Å². The zero-order chi connectivity index (χ0) is 26.8. The summed E-state index contributed by atoms with van der Waals surface area (Å²) in [5, 5.41) is 13.1. The van der Waals surface area contributed by atoms with Crippen molar-refractivity contribution in [2.75, 3.05) is 18.3 Å². The fraction of sp³-hybridized carbons (Fsp3) is 0.333. The second-order valence-electron chi connectivity index (χ2n) is 9.95. The molecule has 3 aliphatic rings. The number of amides is 2. The van der Waals surface area contributed by atoms with E-state index in [0.29, 0.717) is 34.2 Å². The van der Waals surface area contributed by atoms with Gasteiger partial charge < -0.3 is 29.4 Å². The summed E-state index contributed by atoms with van der Waals surface area (Å²) in [4.78, 5) is 29.8. The van der Waals surface area contributed by atoms with Crippen LogP contribution in [-0.2, 0) is 9.59 Å². The van der Waals surface area contributed by atoms with E-state index in [-0.39, 0.29) is 31.1 Å². The Labute approximate surface area is 226 Å². The number of benzene rings is 3. The highest BCUT2D eigenvalue weighted by molar-refractivity contribution is 6.04. The number of nitrogens with one attached hydrogen (secondary N) is 1. The number of carbonyl (C=O) groups excluding carboxylic acids is 2. The highest BCUT2D eigenvalue weighted by Gasteiger charge is 2.40. The molecule has 6 rings (SSSR count). The topological polar surface area (TPSA) is 107 Å². The van der Waals surface area contributed by atoms with E-state index >= 15 is 0 Å². The molecule has 9 nitrogen and oxygen atoms in total. The number of carbonyl (C=O) groups is 2. The van der Waals surface area contributed by atoms with Crippen molar-refractivity contribution in [3.8, 4) is 28.7 Å². The van der Waals surface area contributed by atoms with Crippen molar-refractivity contribution in [2.24, 2.45) is 0 Å². The van der Waals surface area contributed by atoms with E-state index in [1.807, 2.05) is 12.1 Å². The van der Waals surface area contributed by atoms with Crippen molar-refractivity contribution in [1.82, 2.24) is 5.32 Å². The Morgan fingerprint density at radius 2 is 1.56 bits per heavy atom. The molecule has 2 amide bonds. The zero-order valence-electron chi connectivity index (χ0n) is 21.4. The third-order valence-corrected chi connectivity index (χ3v) is 7.32. The van der Waals surface area contributed by atoms with Gasteiger partial charge in [0.05, 0.1) is 0 Å². The third kappa shape index (κ3) is 5.16. The maximum atomic E-state index is 14.3. The second kappa shape index (κ2) is 10.8. The molecular formula is C30H30N2O7. The molecule has 0 saturated heterocycles. The molecule has 0 unspecified atom stereocenters. The molecular weight excluding hydrogens is 500 g/mol. The minimum absolute atomic E-state index is 0.0105. The van der Waals surface area contributed by atoms with Gasteiger partial charge in [0.1, 0.15) is 18.4 Å². The summed E-state index contributed by atoms with van der Waals surface area (Å²) in [7, 11) is 0. The van der Waals surface area contributed by atoms with E-state index in [4.69, 9.17) is 18.9 Å². The first-order valence-corrected chi connectivity index (χ1v) is 13.3. The SMILES string of the molecule is O=C(NC1CCCCC1)[C@@H](c1ccc(O)cc1)N(C(=O)[C@H]1COc2ccccc2O1)c1ccc2c(c1)OCO2. The van der Waals surface area contributed by atoms with Crippen molar-refractivity contribution in [2.45, 2.75) is 50.3 Å². The molecule has 0 aromatic heterocycles. The molecule has 1 saturated carbocycles. The Bertz CT molecular complexity index is 1350. The number of aromatic hydroxyl groups is 1. The maximum Gasteiger partial charge on any atom is 0.272 e. The van der Waals surface area contributed by atoms with Crippen LogP contribution in [0.5, 0.6) is 28.7 Å². The first-order chi connectivity index (χ1) is 19.1. The molecule has 2 heterocycles. The number of para-hydroxylation sites is 2. The number of hydrogen-bond acceptors (Lipinski definition) is 7. The minimum Gasteiger partial charge on any atom is -0.508 e. The Hall–Kier alpha value is -4.40. The minimum atomic E-state index is -1.04. The first-order valence-electron chi connectivity index (χ1n) is 13.3. The number of ether oxygens (including phenoxy) is 4. The van der Waals surface area contributed by atoms with Crippen molar-refractivity contribution >= 4 is 17.5 Å². The third-order valence-electron chi connectivity index (χ3n) is 7.32. The summed E-state index contributed by atoms with van der Waals surface area (Å²) in [6, 6.07) is 17.6. The fourth-order valence-corrected chi connectivity index (χ4v) is 5.34. The van der Waals surface area contributed by atoms with E-state index in [1.54, 1.807) is 42.5 Å². The highest BCUT2D eigenvalue weighted by atomic mass is 16.7. The van der Waals surface area contributed by atoms with Crippen LogP contribution < -0.4 is 29.2 Å². The van der Waals surface area contributed by atoms with Gasteiger partial charge in [0.2, 0.25) is 18.8 Å². The summed E-state index contributed by atoms with van der Waals surface area (Å²) in [6.07, 6.45) is 4.03. The van der Waals surface area contributed by atoms with E-state index < -0.39 is 18.1 Å². The van der Waals surface area contributed by atoms with Gasteiger partial charge in [-0.3, -0.25) is 14.5 Å². The summed E-state index contributed by atoms with van der Waals surface area (Å²) in [5.41, 5.74) is 0.993. The molecule has 0 bridgehead atoms. The predicted octanol–water partition coefficient (Wildman–Crippen LogP) is 4.48. The van der Waals surface area contributed by atoms with Crippen LogP contribution in [0.3, 0.4) is 0 Å². The standard InChI is InChI=1S/C30H30N2O7/c33-22-13-10-19(11-14-22)28(29(34)31-20-6-2-1-3-7-20)32(21-12-15-24-26(16-21)38-18-37-24)30(35)27-17-36-23-8-4-5-9-25(23)39-27/h4-5,8-16,20,27-28,33H,1-3,6-7,17-18H2,(H,31,34)/t27-,28-/m1/s1. The smallest absolute Gasteiger partial charge is 0.272 e. The Morgan fingerprint density at radius 3 is 2.36 bits per heavy atom. The number of phenols is 1. The molecule has 39 heavy (non-hydrogen) atoms. The van der Waals surface area contributed by atoms with Gasteiger partial charge in [-0.25, -0.2) is 0 Å². The van der Waals surface area contributed by atoms with E-state index in [0.717, 1.165) is 32.1 Å². The number of rotatable bonds is 6. The van der Waals surface area contributed by atoms with Crippen LogP contribution in [0.25, 0.3) is 0 Å². The Kier molecular flexibility index (Phi) is 6.87. The van der Waals surface area contributed by atoms with Gasteiger partial charge in [0.25, 0.3) is 5.91 Å². The van der Waals surface area contributed by atoms with Crippen LogP contribution in [0.15, 0.2) is 66.7 Å². The van der Waals surface area contributed by atoms with Crippen LogP contribution in [0, 0.1) is 0 Å². The van der Waals surface area contributed by atoms with Gasteiger partial charge in [-0.05, 0) is 54.8 Å². The predicted molar refractivity (Wildman–Crippen MR) is 142 cm³/mol. The number of anilines is 1. The van der Waals surface area contributed by atoms with Gasteiger partial charge in [0.15, 0.2) is 23.0 Å². The summed E-state index contributed by atoms with van der Waals surface area (Å²) in [6.45, 7) is 0.0656. The van der Waals surface area contributed by atoms with Gasteiger partial charge in [-0.15, -0.1) is 0 Å². The van der Waals surface area contributed by atoms with Gasteiger partial charge in [-0.2, -0.15) is 0 Å². The fourth-order valence-electron chi connectivity index (χ4n) is 5.34. The first kappa shape index (κ1) is 24.9. The number of phenolic OH excluding ortho intramolecular Hbond substituents is 1. The molecule has 2 aliphatic heterocycles. The van der Waals surface area contributed by atoms with Crippen molar-refractivity contribution in [1.29, 1.82) is 0 Å². The largest absolute Gasteiger partial charge is 0.508 e. The lowest BCUT2D eigenvalue weighted by Crippen LogP contribution is -2.52. The summed E-state index contributed by atoms with van der Waals surface area (Å²) >= 11 is 0. The van der Waals surface area contributed by atoms with Crippen LogP contribution in [-0.4, -0.2) is 42.5 Å². The lowest BCUT2D eigenvalue weighted by Gasteiger charge is -2.36. The highest BCUT2D eigenvalue weighted by Crippen LogP contribution is 2.40. The lowest BCUT2D eigenvalue weighted by molar-refractivity contribution is -0.132. The molecule has 1 fully saturated rings. The van der Waals surface area contributed by atoms with Gasteiger partial charge in [-0.1, -0.05) is 43.5 Å². The molecule has 2 N–H and O–H groups in total. The number of fused-ring (bicyclic) bond motifs is 2. The van der Waals surface area contributed by atoms with Crippen molar-refractivity contribution in [3.63, 3.8) is 0 Å². The Morgan fingerprint density at radius 1 is 0.846 bits per heavy atom. The maximum absolute atomic E-state index is 14.3. The number of hydrogen-bond donors (Lipinski definition) is 2. The van der Waals surface area contributed by atoms with Crippen molar-refractivity contribution in [3.05, 3.63) is 72.3 Å². The Balaban J connectivity index is 1.41.